The monoisotopic (exact) mass is 363 g/mol. The van der Waals surface area contributed by atoms with Crippen LogP contribution in [0.25, 0.3) is 0 Å². The van der Waals surface area contributed by atoms with Crippen molar-refractivity contribution in [1.82, 2.24) is 20.4 Å². The highest BCUT2D eigenvalue weighted by Crippen LogP contribution is 2.20. The van der Waals surface area contributed by atoms with E-state index >= 15 is 0 Å². The number of aliphatic imine (C=N–C) groups is 1. The highest BCUT2D eigenvalue weighted by molar-refractivity contribution is 5.80. The van der Waals surface area contributed by atoms with E-state index in [0.29, 0.717) is 31.5 Å². The third kappa shape index (κ3) is 7.01. The number of alkyl halides is 3. The normalized spacial score (nSPS) is 26.0. The van der Waals surface area contributed by atoms with E-state index in [-0.39, 0.29) is 6.04 Å². The summed E-state index contributed by atoms with van der Waals surface area (Å²) >= 11 is 0. The van der Waals surface area contributed by atoms with Gasteiger partial charge in [-0.25, -0.2) is 0 Å². The lowest BCUT2D eigenvalue weighted by Crippen LogP contribution is -2.50. The van der Waals surface area contributed by atoms with Gasteiger partial charge in [-0.3, -0.25) is 14.8 Å². The average molecular weight is 363 g/mol. The first-order valence-electron chi connectivity index (χ1n) is 9.27. The summed E-state index contributed by atoms with van der Waals surface area (Å²) in [7, 11) is 1.70. The van der Waals surface area contributed by atoms with Crippen LogP contribution in [0.5, 0.6) is 0 Å². The first-order chi connectivity index (χ1) is 11.8. The maximum Gasteiger partial charge on any atom is 0.401 e. The van der Waals surface area contributed by atoms with Crippen LogP contribution in [0.2, 0.25) is 0 Å². The first-order valence-corrected chi connectivity index (χ1v) is 9.27. The minimum absolute atomic E-state index is 0.0136. The summed E-state index contributed by atoms with van der Waals surface area (Å²) in [5.41, 5.74) is 0. The smallest absolute Gasteiger partial charge is 0.355 e. The van der Waals surface area contributed by atoms with Crippen LogP contribution >= 0.6 is 0 Å². The van der Waals surface area contributed by atoms with E-state index in [4.69, 9.17) is 0 Å². The number of guanidine groups is 1. The number of rotatable bonds is 5. The largest absolute Gasteiger partial charge is 0.401 e. The Morgan fingerprint density at radius 1 is 1.20 bits per heavy atom. The van der Waals surface area contributed by atoms with Gasteiger partial charge in [-0.05, 0) is 45.2 Å². The number of piperidine rings is 1. The van der Waals surface area contributed by atoms with E-state index < -0.39 is 12.7 Å². The maximum atomic E-state index is 12.5. The number of hydrogen-bond acceptors (Lipinski definition) is 3. The zero-order chi connectivity index (χ0) is 18.4. The summed E-state index contributed by atoms with van der Waals surface area (Å²) < 4.78 is 37.4. The summed E-state index contributed by atoms with van der Waals surface area (Å²) in [5.74, 6) is 1.49. The number of halogens is 3. The van der Waals surface area contributed by atoms with Gasteiger partial charge >= 0.3 is 6.18 Å². The molecule has 5 nitrogen and oxygen atoms in total. The summed E-state index contributed by atoms with van der Waals surface area (Å²) in [6.45, 7) is 7.59. The van der Waals surface area contributed by atoms with E-state index in [1.54, 1.807) is 7.05 Å². The van der Waals surface area contributed by atoms with Gasteiger partial charge in [-0.15, -0.1) is 0 Å². The fraction of sp³-hybridized carbons (Fsp3) is 0.941. The lowest BCUT2D eigenvalue weighted by Gasteiger charge is -2.35. The summed E-state index contributed by atoms with van der Waals surface area (Å²) in [6, 6.07) is 0.427. The van der Waals surface area contributed by atoms with Crippen LogP contribution in [0.1, 0.15) is 33.1 Å². The maximum absolute atomic E-state index is 12.5. The van der Waals surface area contributed by atoms with Crippen molar-refractivity contribution < 1.29 is 13.2 Å². The molecular weight excluding hydrogens is 331 g/mol. The molecule has 2 rings (SSSR count). The second-order valence-electron chi connectivity index (χ2n) is 7.50. The molecule has 0 amide bonds. The Balaban J connectivity index is 1.70. The third-order valence-electron chi connectivity index (χ3n) is 5.25. The molecule has 8 heteroatoms. The molecule has 2 unspecified atom stereocenters. The Kier molecular flexibility index (Phi) is 7.37. The minimum atomic E-state index is -4.13. The third-order valence-corrected chi connectivity index (χ3v) is 5.25. The lowest BCUT2D eigenvalue weighted by atomic mass is 9.98. The average Bonchev–Trinajstić information content (AvgIpc) is 2.96. The van der Waals surface area contributed by atoms with Crippen molar-refractivity contribution in [3.63, 3.8) is 0 Å². The first kappa shape index (κ1) is 20.3. The number of likely N-dealkylation sites (tertiary alicyclic amines) is 2. The molecule has 25 heavy (non-hydrogen) atoms. The predicted octanol–water partition coefficient (Wildman–Crippen LogP) is 1.91. The quantitative estimate of drug-likeness (QED) is 0.578. The SMILES string of the molecule is CN=C(NCC(C)N1CCC(C)CC1)NC1CCN(CC(F)(F)F)C1. The van der Waals surface area contributed by atoms with Crippen LogP contribution in [0.3, 0.4) is 0 Å². The van der Waals surface area contributed by atoms with Gasteiger partial charge in [0.1, 0.15) is 0 Å². The molecule has 0 radical (unpaired) electrons. The molecule has 2 N–H and O–H groups in total. The molecule has 0 bridgehead atoms. The van der Waals surface area contributed by atoms with E-state index in [9.17, 15) is 13.2 Å². The van der Waals surface area contributed by atoms with Gasteiger partial charge < -0.3 is 10.6 Å². The van der Waals surface area contributed by atoms with Gasteiger partial charge in [0.15, 0.2) is 5.96 Å². The second-order valence-corrected chi connectivity index (χ2v) is 7.50. The van der Waals surface area contributed by atoms with Crippen LogP contribution in [0.4, 0.5) is 13.2 Å². The number of nitrogens with zero attached hydrogens (tertiary/aromatic N) is 3. The molecule has 2 heterocycles. The molecule has 2 fully saturated rings. The predicted molar refractivity (Wildman–Crippen MR) is 94.8 cm³/mol. The van der Waals surface area contributed by atoms with Crippen molar-refractivity contribution in [2.24, 2.45) is 10.9 Å². The van der Waals surface area contributed by atoms with Crippen LogP contribution in [0, 0.1) is 5.92 Å². The Morgan fingerprint density at radius 2 is 1.88 bits per heavy atom. The molecule has 2 aliphatic heterocycles. The highest BCUT2D eigenvalue weighted by Gasteiger charge is 2.34. The van der Waals surface area contributed by atoms with E-state index in [1.165, 1.54) is 17.7 Å². The number of nitrogens with one attached hydrogen (secondary N) is 2. The highest BCUT2D eigenvalue weighted by atomic mass is 19.4. The molecule has 0 aromatic carbocycles. The zero-order valence-electron chi connectivity index (χ0n) is 15.6. The molecule has 2 atom stereocenters. The topological polar surface area (TPSA) is 42.9 Å². The van der Waals surface area contributed by atoms with E-state index in [2.05, 4.69) is 34.4 Å². The molecule has 0 aliphatic carbocycles. The fourth-order valence-electron chi connectivity index (χ4n) is 3.58. The van der Waals surface area contributed by atoms with Crippen molar-refractivity contribution in [2.45, 2.75) is 51.4 Å². The molecule has 0 aromatic heterocycles. The van der Waals surface area contributed by atoms with Gasteiger partial charge in [0.05, 0.1) is 6.54 Å². The van der Waals surface area contributed by atoms with Crippen molar-refractivity contribution in [2.75, 3.05) is 46.3 Å². The van der Waals surface area contributed by atoms with Gasteiger partial charge in [-0.1, -0.05) is 6.92 Å². The van der Waals surface area contributed by atoms with Crippen LogP contribution in [-0.4, -0.2) is 80.3 Å². The molecule has 0 saturated carbocycles. The van der Waals surface area contributed by atoms with Crippen LogP contribution < -0.4 is 10.6 Å². The molecule has 146 valence electrons. The Hall–Kier alpha value is -1.02. The molecule has 2 aliphatic rings. The Labute approximate surface area is 149 Å². The van der Waals surface area contributed by atoms with Crippen LogP contribution in [-0.2, 0) is 0 Å². The Bertz CT molecular complexity index is 432. The molecule has 0 spiro atoms. The summed E-state index contributed by atoms with van der Waals surface area (Å²) in [5, 5.41) is 6.58. The minimum Gasteiger partial charge on any atom is -0.355 e. The molecule has 0 aromatic rings. The van der Waals surface area contributed by atoms with E-state index in [1.807, 2.05) is 0 Å². The fourth-order valence-corrected chi connectivity index (χ4v) is 3.58. The van der Waals surface area contributed by atoms with Crippen molar-refractivity contribution in [3.8, 4) is 0 Å². The molecular formula is C17H32F3N5. The van der Waals surface area contributed by atoms with Crippen molar-refractivity contribution in [3.05, 3.63) is 0 Å². The lowest BCUT2D eigenvalue weighted by molar-refractivity contribution is -0.143. The number of hydrogen-bond donors (Lipinski definition) is 2. The van der Waals surface area contributed by atoms with Gasteiger partial charge in [0.25, 0.3) is 0 Å². The van der Waals surface area contributed by atoms with Gasteiger partial charge in [0, 0.05) is 38.8 Å². The van der Waals surface area contributed by atoms with E-state index in [0.717, 1.165) is 25.6 Å². The summed E-state index contributed by atoms with van der Waals surface area (Å²) in [6.07, 6.45) is -0.935. The second kappa shape index (κ2) is 9.07. The van der Waals surface area contributed by atoms with Gasteiger partial charge in [0.2, 0.25) is 0 Å². The van der Waals surface area contributed by atoms with Crippen molar-refractivity contribution >= 4 is 5.96 Å². The van der Waals surface area contributed by atoms with Crippen LogP contribution in [0.15, 0.2) is 4.99 Å². The Morgan fingerprint density at radius 3 is 2.48 bits per heavy atom. The molecule has 2 saturated heterocycles. The zero-order valence-corrected chi connectivity index (χ0v) is 15.6. The standard InChI is InChI=1S/C17H32F3N5/c1-13-4-8-25(9-5-13)14(2)10-22-16(21-3)23-15-6-7-24(11-15)12-17(18,19)20/h13-15H,4-12H2,1-3H3,(H2,21,22,23). The van der Waals surface area contributed by atoms with Gasteiger partial charge in [-0.2, -0.15) is 13.2 Å². The van der Waals surface area contributed by atoms with Crippen molar-refractivity contribution in [1.29, 1.82) is 0 Å². The summed E-state index contributed by atoms with van der Waals surface area (Å²) in [4.78, 5) is 8.15.